The Morgan fingerprint density at radius 3 is 2.24 bits per heavy atom. The molecule has 2 aromatic rings. The molecule has 0 fully saturated rings. The second-order valence-corrected chi connectivity index (χ2v) is 10.6. The van der Waals surface area contributed by atoms with Gasteiger partial charge in [0.15, 0.2) is 5.78 Å². The van der Waals surface area contributed by atoms with Gasteiger partial charge in [0.2, 0.25) is 0 Å². The molecule has 2 aromatic carbocycles. The third-order valence-electron chi connectivity index (χ3n) is 4.63. The first-order chi connectivity index (χ1) is 15.6. The van der Waals surface area contributed by atoms with Crippen molar-refractivity contribution in [3.63, 3.8) is 0 Å². The van der Waals surface area contributed by atoms with E-state index in [1.54, 1.807) is 51.1 Å². The number of halogens is 2. The van der Waals surface area contributed by atoms with Gasteiger partial charge in [-0.1, -0.05) is 35.9 Å². The van der Waals surface area contributed by atoms with Crippen LogP contribution in [0.15, 0.2) is 42.5 Å². The number of carbonyl (C=O) groups is 3. The van der Waals surface area contributed by atoms with Gasteiger partial charge in [0.05, 0.1) is 6.04 Å². The molecule has 184 valence electrons. The summed E-state index contributed by atoms with van der Waals surface area (Å²) in [6.07, 6.45) is -1.02. The Hall–Kier alpha value is -2.93. The quantitative estimate of drug-likeness (QED) is 0.554. The van der Waals surface area contributed by atoms with Gasteiger partial charge in [-0.05, 0) is 70.9 Å². The summed E-state index contributed by atoms with van der Waals surface area (Å²) < 4.78 is 19.6. The summed E-state index contributed by atoms with van der Waals surface area (Å²) in [7, 11) is 0. The highest BCUT2D eigenvalue weighted by Gasteiger charge is 2.27. The zero-order chi connectivity index (χ0) is 25.7. The lowest BCUT2D eigenvalue weighted by Crippen LogP contribution is -2.45. The lowest BCUT2D eigenvalue weighted by atomic mass is 9.94. The number of ether oxygens (including phenoxy) is 1. The van der Waals surface area contributed by atoms with Crippen LogP contribution in [0.2, 0.25) is 5.02 Å². The van der Waals surface area contributed by atoms with Gasteiger partial charge in [-0.15, -0.1) is 0 Å². The van der Waals surface area contributed by atoms with Crippen LogP contribution in [0, 0.1) is 5.82 Å². The molecule has 2 rings (SSSR count). The first-order valence-electron chi connectivity index (χ1n) is 11.0. The maximum absolute atomic E-state index is 14.3. The van der Waals surface area contributed by atoms with Crippen LogP contribution in [-0.2, 0) is 22.4 Å². The molecule has 0 saturated carbocycles. The van der Waals surface area contributed by atoms with Crippen molar-refractivity contribution in [2.45, 2.75) is 71.6 Å². The maximum Gasteiger partial charge on any atom is 0.408 e. The number of ketones is 1. The van der Waals surface area contributed by atoms with Crippen LogP contribution in [-0.4, -0.2) is 35.0 Å². The lowest BCUT2D eigenvalue weighted by Gasteiger charge is -2.24. The van der Waals surface area contributed by atoms with E-state index in [0.29, 0.717) is 10.6 Å². The van der Waals surface area contributed by atoms with Crippen LogP contribution in [0.25, 0.3) is 0 Å². The molecule has 6 nitrogen and oxygen atoms in total. The molecule has 0 aliphatic heterocycles. The van der Waals surface area contributed by atoms with Gasteiger partial charge in [0, 0.05) is 29.0 Å². The van der Waals surface area contributed by atoms with Gasteiger partial charge in [0.25, 0.3) is 5.91 Å². The van der Waals surface area contributed by atoms with Crippen molar-refractivity contribution in [2.75, 3.05) is 0 Å². The molecule has 0 spiro atoms. The second kappa shape index (κ2) is 11.0. The highest BCUT2D eigenvalue weighted by molar-refractivity contribution is 6.31. The third-order valence-corrected chi connectivity index (χ3v) is 4.87. The van der Waals surface area contributed by atoms with E-state index in [4.69, 9.17) is 16.3 Å². The first kappa shape index (κ1) is 27.3. The van der Waals surface area contributed by atoms with E-state index in [1.165, 1.54) is 12.1 Å². The van der Waals surface area contributed by atoms with Gasteiger partial charge < -0.3 is 15.4 Å². The molecule has 0 radical (unpaired) electrons. The minimum Gasteiger partial charge on any atom is -0.444 e. The summed E-state index contributed by atoms with van der Waals surface area (Å²) in [5.41, 5.74) is -0.284. The molecule has 8 heteroatoms. The van der Waals surface area contributed by atoms with Crippen molar-refractivity contribution in [3.8, 4) is 0 Å². The van der Waals surface area contributed by atoms with E-state index in [-0.39, 0.29) is 29.9 Å². The largest absolute Gasteiger partial charge is 0.444 e. The number of Topliss-reactive ketones (excluding diaryl/α,β-unsaturated/α-hetero) is 1. The highest BCUT2D eigenvalue weighted by Crippen LogP contribution is 2.20. The monoisotopic (exact) mass is 490 g/mol. The Balaban J connectivity index is 2.33. The Morgan fingerprint density at radius 1 is 1.00 bits per heavy atom. The minimum absolute atomic E-state index is 0.0676. The number of carbonyl (C=O) groups excluding carboxylic acids is 3. The summed E-state index contributed by atoms with van der Waals surface area (Å²) in [6.45, 7) is 10.6. The van der Waals surface area contributed by atoms with Crippen LogP contribution in [0.1, 0.15) is 63.0 Å². The molecule has 34 heavy (non-hydrogen) atoms. The Kier molecular flexibility index (Phi) is 8.83. The van der Waals surface area contributed by atoms with E-state index < -0.39 is 34.9 Å². The topological polar surface area (TPSA) is 84.5 Å². The summed E-state index contributed by atoms with van der Waals surface area (Å²) >= 11 is 6.11. The SMILES string of the molecule is CC(C)(C)NC(=O)c1cc(Cl)ccc1CC(=O)[C@@H](Cc1ccccc1F)NC(=O)OC(C)(C)C. The molecule has 0 aliphatic carbocycles. The lowest BCUT2D eigenvalue weighted by molar-refractivity contribution is -0.120. The number of hydrogen-bond donors (Lipinski definition) is 2. The third kappa shape index (κ3) is 8.78. The van der Waals surface area contributed by atoms with Crippen molar-refractivity contribution >= 4 is 29.4 Å². The van der Waals surface area contributed by atoms with E-state index in [1.807, 2.05) is 20.8 Å². The molecule has 2 N–H and O–H groups in total. The fourth-order valence-electron chi connectivity index (χ4n) is 3.21. The van der Waals surface area contributed by atoms with Crippen molar-refractivity contribution in [3.05, 3.63) is 70.0 Å². The van der Waals surface area contributed by atoms with E-state index in [2.05, 4.69) is 10.6 Å². The molecule has 0 bridgehead atoms. The van der Waals surface area contributed by atoms with Gasteiger partial charge in [0.1, 0.15) is 11.4 Å². The number of hydrogen-bond acceptors (Lipinski definition) is 4. The predicted molar refractivity (Wildman–Crippen MR) is 131 cm³/mol. The van der Waals surface area contributed by atoms with E-state index in [9.17, 15) is 18.8 Å². The zero-order valence-electron chi connectivity index (χ0n) is 20.4. The Bertz CT molecular complexity index is 1060. The molecule has 1 atom stereocenters. The minimum atomic E-state index is -1.07. The highest BCUT2D eigenvalue weighted by atomic mass is 35.5. The standard InChI is InChI=1S/C26H32ClFN2O4/c1-25(2,3)30-23(32)19-15-18(27)12-11-16(19)14-22(31)21(29-24(33)34-26(4,5)6)13-17-9-7-8-10-20(17)28/h7-12,15,21H,13-14H2,1-6H3,(H,29,33)(H,30,32)/t21-/m1/s1. The van der Waals surface area contributed by atoms with Crippen LogP contribution in [0.5, 0.6) is 0 Å². The molecule has 0 aliphatic rings. The van der Waals surface area contributed by atoms with Crippen LogP contribution >= 0.6 is 11.6 Å². The van der Waals surface area contributed by atoms with Crippen LogP contribution < -0.4 is 10.6 Å². The van der Waals surface area contributed by atoms with Crippen molar-refractivity contribution in [2.24, 2.45) is 0 Å². The number of alkyl carbamates (subject to hydrolysis) is 1. The zero-order valence-corrected chi connectivity index (χ0v) is 21.2. The summed E-state index contributed by atoms with van der Waals surface area (Å²) in [5.74, 6) is -1.26. The molecule has 0 saturated heterocycles. The molecule has 0 unspecified atom stereocenters. The molecular weight excluding hydrogens is 459 g/mol. The number of rotatable bonds is 7. The molecular formula is C26H32ClFN2O4. The average molecular weight is 491 g/mol. The van der Waals surface area contributed by atoms with E-state index in [0.717, 1.165) is 0 Å². The van der Waals surface area contributed by atoms with Crippen LogP contribution in [0.4, 0.5) is 9.18 Å². The molecule has 0 heterocycles. The Labute approximate surface area is 205 Å². The summed E-state index contributed by atoms with van der Waals surface area (Å²) in [6, 6.07) is 9.66. The van der Waals surface area contributed by atoms with Crippen molar-refractivity contribution in [1.82, 2.24) is 10.6 Å². The molecule has 2 amide bonds. The normalized spacial score (nSPS) is 12.6. The first-order valence-corrected chi connectivity index (χ1v) is 11.4. The second-order valence-electron chi connectivity index (χ2n) is 10.1. The van der Waals surface area contributed by atoms with Gasteiger partial charge >= 0.3 is 6.09 Å². The number of amides is 2. The summed E-state index contributed by atoms with van der Waals surface area (Å²) in [4.78, 5) is 38.6. The fourth-order valence-corrected chi connectivity index (χ4v) is 3.38. The average Bonchev–Trinajstić information content (AvgIpc) is 2.67. The maximum atomic E-state index is 14.3. The van der Waals surface area contributed by atoms with Gasteiger partial charge in [-0.2, -0.15) is 0 Å². The Morgan fingerprint density at radius 2 is 1.65 bits per heavy atom. The summed E-state index contributed by atoms with van der Waals surface area (Å²) in [5, 5.41) is 5.78. The van der Waals surface area contributed by atoms with Crippen LogP contribution in [0.3, 0.4) is 0 Å². The van der Waals surface area contributed by atoms with Gasteiger partial charge in [-0.3, -0.25) is 9.59 Å². The number of benzene rings is 2. The fraction of sp³-hybridized carbons (Fsp3) is 0.423. The van der Waals surface area contributed by atoms with Crippen molar-refractivity contribution in [1.29, 1.82) is 0 Å². The van der Waals surface area contributed by atoms with E-state index >= 15 is 0 Å². The molecule has 0 aromatic heterocycles. The predicted octanol–water partition coefficient (Wildman–Crippen LogP) is 5.26. The van der Waals surface area contributed by atoms with Gasteiger partial charge in [-0.25, -0.2) is 9.18 Å². The smallest absolute Gasteiger partial charge is 0.408 e. The van der Waals surface area contributed by atoms with Crippen molar-refractivity contribution < 1.29 is 23.5 Å². The number of nitrogens with one attached hydrogen (secondary N) is 2.